The van der Waals surface area contributed by atoms with E-state index < -0.39 is 9.84 Å². The lowest BCUT2D eigenvalue weighted by atomic mass is 10.2. The number of rotatable bonds is 5. The van der Waals surface area contributed by atoms with Gasteiger partial charge in [-0.1, -0.05) is 18.2 Å². The Morgan fingerprint density at radius 1 is 0.828 bits per heavy atom. The number of nitrogens with zero attached hydrogens (tertiary/aromatic N) is 3. The van der Waals surface area contributed by atoms with Crippen LogP contribution in [-0.4, -0.2) is 23.4 Å². The van der Waals surface area contributed by atoms with E-state index in [1.165, 1.54) is 12.1 Å². The zero-order valence-electron chi connectivity index (χ0n) is 15.6. The Balaban J connectivity index is 1.59. The average molecular weight is 403 g/mol. The summed E-state index contributed by atoms with van der Waals surface area (Å²) >= 11 is 0. The second-order valence-electron chi connectivity index (χ2n) is 6.30. The molecule has 2 heterocycles. The SMILES string of the molecule is Cc1cc(Oc2ccc(S(=O)(=O)c3ccccc3)cc2)nc(-c2cccnc2)n1. The highest BCUT2D eigenvalue weighted by Gasteiger charge is 2.17. The van der Waals surface area contributed by atoms with Crippen LogP contribution in [-0.2, 0) is 9.84 Å². The molecule has 0 spiro atoms. The summed E-state index contributed by atoms with van der Waals surface area (Å²) in [6.07, 6.45) is 3.36. The molecule has 0 aliphatic heterocycles. The van der Waals surface area contributed by atoms with Crippen molar-refractivity contribution in [3.05, 3.63) is 90.9 Å². The van der Waals surface area contributed by atoms with E-state index in [2.05, 4.69) is 15.0 Å². The van der Waals surface area contributed by atoms with Gasteiger partial charge in [-0.15, -0.1) is 0 Å². The minimum absolute atomic E-state index is 0.200. The van der Waals surface area contributed by atoms with Crippen molar-refractivity contribution in [3.8, 4) is 23.0 Å². The normalized spacial score (nSPS) is 11.2. The van der Waals surface area contributed by atoms with Crippen molar-refractivity contribution in [2.75, 3.05) is 0 Å². The predicted octanol–water partition coefficient (Wildman–Crippen LogP) is 4.47. The summed E-state index contributed by atoms with van der Waals surface area (Å²) in [5.41, 5.74) is 1.53. The van der Waals surface area contributed by atoms with Gasteiger partial charge in [0.15, 0.2) is 5.82 Å². The van der Waals surface area contributed by atoms with Gasteiger partial charge in [-0.05, 0) is 55.5 Å². The van der Waals surface area contributed by atoms with Gasteiger partial charge < -0.3 is 4.74 Å². The quantitative estimate of drug-likeness (QED) is 0.489. The van der Waals surface area contributed by atoms with Crippen molar-refractivity contribution >= 4 is 9.84 Å². The van der Waals surface area contributed by atoms with Crippen LogP contribution in [0.15, 0.2) is 95.0 Å². The van der Waals surface area contributed by atoms with E-state index in [0.29, 0.717) is 17.5 Å². The Labute approximate surface area is 168 Å². The first kappa shape index (κ1) is 18.8. The standard InChI is InChI=1S/C22H17N3O3S/c1-16-14-21(25-22(24-16)17-6-5-13-23-15-17)28-18-9-11-20(12-10-18)29(26,27)19-7-3-2-4-8-19/h2-15H,1H3. The molecule has 0 fully saturated rings. The topological polar surface area (TPSA) is 82.0 Å². The first-order valence-corrected chi connectivity index (χ1v) is 10.3. The van der Waals surface area contributed by atoms with Crippen LogP contribution in [0.5, 0.6) is 11.6 Å². The van der Waals surface area contributed by atoms with Crippen LogP contribution in [0.3, 0.4) is 0 Å². The molecule has 0 amide bonds. The van der Waals surface area contributed by atoms with E-state index in [9.17, 15) is 8.42 Å². The van der Waals surface area contributed by atoms with E-state index in [-0.39, 0.29) is 9.79 Å². The molecule has 7 heteroatoms. The summed E-state index contributed by atoms with van der Waals surface area (Å²) in [4.78, 5) is 13.4. The fourth-order valence-electron chi connectivity index (χ4n) is 2.76. The van der Waals surface area contributed by atoms with Crippen molar-refractivity contribution in [2.24, 2.45) is 0 Å². The molecular formula is C22H17N3O3S. The van der Waals surface area contributed by atoms with Crippen molar-refractivity contribution in [1.29, 1.82) is 0 Å². The predicted molar refractivity (Wildman–Crippen MR) is 108 cm³/mol. The van der Waals surface area contributed by atoms with Gasteiger partial charge in [-0.25, -0.2) is 13.4 Å². The van der Waals surface area contributed by atoms with Crippen LogP contribution in [0.2, 0.25) is 0 Å². The molecule has 4 rings (SSSR count). The summed E-state index contributed by atoms with van der Waals surface area (Å²) in [6, 6.07) is 20.0. The van der Waals surface area contributed by atoms with Gasteiger partial charge in [0.1, 0.15) is 5.75 Å². The van der Waals surface area contributed by atoms with E-state index in [1.54, 1.807) is 60.9 Å². The number of benzene rings is 2. The fourth-order valence-corrected chi connectivity index (χ4v) is 4.04. The fraction of sp³-hybridized carbons (Fsp3) is 0.0455. The van der Waals surface area contributed by atoms with Gasteiger partial charge in [0.2, 0.25) is 15.7 Å². The highest BCUT2D eigenvalue weighted by atomic mass is 32.2. The second-order valence-corrected chi connectivity index (χ2v) is 8.25. The third-order valence-corrected chi connectivity index (χ3v) is 5.95. The third-order valence-electron chi connectivity index (χ3n) is 4.16. The van der Waals surface area contributed by atoms with E-state index >= 15 is 0 Å². The number of pyridine rings is 1. The maximum atomic E-state index is 12.7. The van der Waals surface area contributed by atoms with Crippen LogP contribution >= 0.6 is 0 Å². The highest BCUT2D eigenvalue weighted by molar-refractivity contribution is 7.91. The summed E-state index contributed by atoms with van der Waals surface area (Å²) in [5, 5.41) is 0. The molecule has 4 aromatic rings. The molecule has 0 saturated carbocycles. The Hall–Kier alpha value is -3.58. The monoisotopic (exact) mass is 403 g/mol. The van der Waals surface area contributed by atoms with Crippen LogP contribution in [0, 0.1) is 6.92 Å². The minimum Gasteiger partial charge on any atom is -0.439 e. The van der Waals surface area contributed by atoms with Gasteiger partial charge in [-0.3, -0.25) is 4.98 Å². The van der Waals surface area contributed by atoms with Gasteiger partial charge in [0.25, 0.3) is 0 Å². The Bertz CT molecular complexity index is 1230. The van der Waals surface area contributed by atoms with E-state index in [1.807, 2.05) is 19.1 Å². The number of ether oxygens (including phenoxy) is 1. The average Bonchev–Trinajstić information content (AvgIpc) is 2.75. The molecule has 0 aliphatic rings. The summed E-state index contributed by atoms with van der Waals surface area (Å²) in [6.45, 7) is 1.85. The first-order chi connectivity index (χ1) is 14.0. The van der Waals surface area contributed by atoms with Gasteiger partial charge in [0, 0.05) is 29.7 Å². The summed E-state index contributed by atoms with van der Waals surface area (Å²) in [7, 11) is -3.57. The highest BCUT2D eigenvalue weighted by Crippen LogP contribution is 2.26. The van der Waals surface area contributed by atoms with Gasteiger partial charge in [-0.2, -0.15) is 4.98 Å². The summed E-state index contributed by atoms with van der Waals surface area (Å²) in [5.74, 6) is 1.36. The van der Waals surface area contributed by atoms with Gasteiger partial charge >= 0.3 is 0 Å². The molecule has 144 valence electrons. The lowest BCUT2D eigenvalue weighted by Crippen LogP contribution is -2.01. The zero-order valence-corrected chi connectivity index (χ0v) is 16.4. The van der Waals surface area contributed by atoms with Crippen LogP contribution in [0.1, 0.15) is 5.69 Å². The largest absolute Gasteiger partial charge is 0.439 e. The van der Waals surface area contributed by atoms with Crippen molar-refractivity contribution in [2.45, 2.75) is 16.7 Å². The molecule has 2 aromatic heterocycles. The molecule has 0 N–H and O–H groups in total. The zero-order chi connectivity index (χ0) is 20.3. The molecule has 29 heavy (non-hydrogen) atoms. The molecular weight excluding hydrogens is 386 g/mol. The minimum atomic E-state index is -3.57. The van der Waals surface area contributed by atoms with Crippen LogP contribution in [0.25, 0.3) is 11.4 Å². The van der Waals surface area contributed by atoms with Crippen molar-refractivity contribution in [3.63, 3.8) is 0 Å². The Kier molecular flexibility index (Phi) is 5.05. The van der Waals surface area contributed by atoms with Crippen molar-refractivity contribution < 1.29 is 13.2 Å². The number of aryl methyl sites for hydroxylation is 1. The molecule has 0 saturated heterocycles. The smallest absolute Gasteiger partial charge is 0.223 e. The molecule has 0 aliphatic carbocycles. The molecule has 6 nitrogen and oxygen atoms in total. The van der Waals surface area contributed by atoms with Crippen molar-refractivity contribution in [1.82, 2.24) is 15.0 Å². The maximum absolute atomic E-state index is 12.7. The maximum Gasteiger partial charge on any atom is 0.223 e. The molecule has 0 bridgehead atoms. The van der Waals surface area contributed by atoms with E-state index in [4.69, 9.17) is 4.74 Å². The first-order valence-electron chi connectivity index (χ1n) is 8.86. The van der Waals surface area contributed by atoms with Crippen LogP contribution in [0.4, 0.5) is 0 Å². The lowest BCUT2D eigenvalue weighted by Gasteiger charge is -2.09. The molecule has 0 radical (unpaired) electrons. The summed E-state index contributed by atoms with van der Waals surface area (Å²) < 4.78 is 31.2. The van der Waals surface area contributed by atoms with Crippen LogP contribution < -0.4 is 4.74 Å². The lowest BCUT2D eigenvalue weighted by molar-refractivity contribution is 0.461. The number of hydrogen-bond donors (Lipinski definition) is 0. The Morgan fingerprint density at radius 3 is 2.24 bits per heavy atom. The second kappa shape index (κ2) is 7.81. The Morgan fingerprint density at radius 2 is 1.55 bits per heavy atom. The molecule has 2 aromatic carbocycles. The van der Waals surface area contributed by atoms with Gasteiger partial charge in [0.05, 0.1) is 9.79 Å². The van der Waals surface area contributed by atoms with E-state index in [0.717, 1.165) is 11.3 Å². The number of sulfone groups is 1. The number of aromatic nitrogens is 3. The molecule has 0 atom stereocenters. The third kappa shape index (κ3) is 4.14. The molecule has 0 unspecified atom stereocenters. The number of hydrogen-bond acceptors (Lipinski definition) is 6.